The minimum Gasteiger partial charge on any atom is -0.482 e. The number of methoxy groups -OCH3 is 1. The van der Waals surface area contributed by atoms with Gasteiger partial charge in [-0.05, 0) is 23.8 Å². The number of nitrogens with zero attached hydrogens (tertiary/aromatic N) is 3. The summed E-state index contributed by atoms with van der Waals surface area (Å²) in [5, 5.41) is 14.7. The zero-order valence-corrected chi connectivity index (χ0v) is 17.9. The minimum atomic E-state index is -3.91. The van der Waals surface area contributed by atoms with Gasteiger partial charge in [-0.2, -0.15) is 5.10 Å². The van der Waals surface area contributed by atoms with Crippen molar-refractivity contribution in [2.75, 3.05) is 30.8 Å². The molecule has 1 N–H and O–H groups in total. The second-order valence-corrected chi connectivity index (χ2v) is 8.18. The van der Waals surface area contributed by atoms with E-state index < -0.39 is 33.4 Å². The quantitative estimate of drug-likeness (QED) is 0.237. The molecule has 32 heavy (non-hydrogen) atoms. The molecule has 0 spiro atoms. The number of ether oxygens (including phenoxy) is 2. The molecular weight excluding hydrogens is 444 g/mol. The number of hydrogen-bond acceptors (Lipinski definition) is 9. The molecule has 0 unspecified atom stereocenters. The number of anilines is 1. The van der Waals surface area contributed by atoms with E-state index in [1.54, 1.807) is 24.3 Å². The van der Waals surface area contributed by atoms with Gasteiger partial charge in [0.05, 0.1) is 30.2 Å². The van der Waals surface area contributed by atoms with Crippen LogP contribution in [0.4, 0.5) is 11.4 Å². The van der Waals surface area contributed by atoms with Gasteiger partial charge in [0.1, 0.15) is 12.3 Å². The summed E-state index contributed by atoms with van der Waals surface area (Å²) in [7, 11) is -2.67. The van der Waals surface area contributed by atoms with Crippen molar-refractivity contribution < 1.29 is 32.4 Å². The Bertz CT molecular complexity index is 1130. The normalized spacial score (nSPS) is 11.1. The molecule has 0 aromatic heterocycles. The van der Waals surface area contributed by atoms with Crippen molar-refractivity contribution in [1.82, 2.24) is 5.43 Å². The number of rotatable bonds is 10. The lowest BCUT2D eigenvalue weighted by molar-refractivity contribution is -0.384. The first kappa shape index (κ1) is 24.3. The molecule has 2 aromatic carbocycles. The van der Waals surface area contributed by atoms with Crippen molar-refractivity contribution >= 4 is 39.5 Å². The Hall–Kier alpha value is -4.00. The van der Waals surface area contributed by atoms with Crippen molar-refractivity contribution in [2.45, 2.75) is 0 Å². The Balaban J connectivity index is 2.05. The molecule has 0 aliphatic heterocycles. The fraction of sp³-hybridized carbons (Fsp3) is 0.211. The van der Waals surface area contributed by atoms with Crippen LogP contribution in [0.15, 0.2) is 53.6 Å². The highest BCUT2D eigenvalue weighted by Crippen LogP contribution is 2.22. The van der Waals surface area contributed by atoms with Gasteiger partial charge >= 0.3 is 5.97 Å². The van der Waals surface area contributed by atoms with Crippen molar-refractivity contribution in [2.24, 2.45) is 5.10 Å². The molecule has 1 amide bonds. The molecule has 0 heterocycles. The van der Waals surface area contributed by atoms with Crippen LogP contribution >= 0.6 is 0 Å². The first-order valence-electron chi connectivity index (χ1n) is 8.94. The molecule has 0 fully saturated rings. The van der Waals surface area contributed by atoms with Gasteiger partial charge in [0.2, 0.25) is 10.0 Å². The number of benzene rings is 2. The average molecular weight is 464 g/mol. The van der Waals surface area contributed by atoms with Gasteiger partial charge < -0.3 is 9.47 Å². The molecule has 0 aliphatic carbocycles. The molecule has 170 valence electrons. The lowest BCUT2D eigenvalue weighted by Gasteiger charge is -2.21. The Labute approximate surface area is 183 Å². The number of hydrazone groups is 1. The summed E-state index contributed by atoms with van der Waals surface area (Å²) in [6, 6.07) is 11.4. The summed E-state index contributed by atoms with van der Waals surface area (Å²) >= 11 is 0. The van der Waals surface area contributed by atoms with E-state index >= 15 is 0 Å². The molecule has 0 aliphatic rings. The van der Waals surface area contributed by atoms with Crippen molar-refractivity contribution in [1.29, 1.82) is 0 Å². The fourth-order valence-electron chi connectivity index (χ4n) is 2.39. The van der Waals surface area contributed by atoms with Gasteiger partial charge in [0.15, 0.2) is 6.61 Å². The molecule has 0 atom stereocenters. The summed E-state index contributed by atoms with van der Waals surface area (Å²) in [4.78, 5) is 33.6. The molecule has 0 bridgehead atoms. The number of carbonyl (C=O) groups excluding carboxylic acids is 2. The van der Waals surface area contributed by atoms with Crippen LogP contribution in [0.2, 0.25) is 0 Å². The number of nitrogens with one attached hydrogen (secondary N) is 1. The van der Waals surface area contributed by atoms with Crippen molar-refractivity contribution in [3.8, 4) is 5.75 Å². The van der Waals surface area contributed by atoms with Gasteiger partial charge in [0.25, 0.3) is 11.6 Å². The highest BCUT2D eigenvalue weighted by Gasteiger charge is 2.22. The number of nitro groups is 1. The number of nitro benzene ring substituents is 1. The number of hydrogen-bond donors (Lipinski definition) is 1. The molecule has 0 saturated heterocycles. The smallest absolute Gasteiger partial charge is 0.343 e. The second kappa shape index (κ2) is 10.9. The van der Waals surface area contributed by atoms with Gasteiger partial charge in [-0.1, -0.05) is 18.2 Å². The predicted molar refractivity (Wildman–Crippen MR) is 115 cm³/mol. The van der Waals surface area contributed by atoms with E-state index in [-0.39, 0.29) is 18.0 Å². The standard InChI is InChI=1S/C19H20N4O8S/c1-30-19(25)13-31-17-8-3-5-14(9-17)11-20-21-18(24)12-22(32(2,28)29)15-6-4-7-16(10-15)23(26)27/h3-11H,12-13H2,1-2H3,(H,21,24)/b20-11-. The van der Waals surface area contributed by atoms with E-state index in [9.17, 15) is 28.1 Å². The van der Waals surface area contributed by atoms with Crippen molar-refractivity contribution in [3.63, 3.8) is 0 Å². The Kier molecular flexibility index (Phi) is 8.24. The second-order valence-electron chi connectivity index (χ2n) is 6.28. The van der Waals surface area contributed by atoms with Crippen LogP contribution in [0.25, 0.3) is 0 Å². The average Bonchev–Trinajstić information content (AvgIpc) is 2.75. The Morgan fingerprint density at radius 3 is 2.59 bits per heavy atom. The number of non-ortho nitro benzene ring substituents is 1. The maximum Gasteiger partial charge on any atom is 0.343 e. The minimum absolute atomic E-state index is 0.0312. The number of sulfonamides is 1. The van der Waals surface area contributed by atoms with Crippen LogP contribution in [0.3, 0.4) is 0 Å². The third-order valence-corrected chi connectivity index (χ3v) is 5.00. The topological polar surface area (TPSA) is 158 Å². The highest BCUT2D eigenvalue weighted by atomic mass is 32.2. The molecule has 0 saturated carbocycles. The zero-order valence-electron chi connectivity index (χ0n) is 17.1. The van der Waals surface area contributed by atoms with Crippen LogP contribution in [-0.4, -0.2) is 57.9 Å². The van der Waals surface area contributed by atoms with E-state index in [2.05, 4.69) is 15.3 Å². The summed E-state index contributed by atoms with van der Waals surface area (Å²) < 4.78 is 34.7. The van der Waals surface area contributed by atoms with Gasteiger partial charge in [-0.15, -0.1) is 0 Å². The lowest BCUT2D eigenvalue weighted by atomic mass is 10.2. The highest BCUT2D eigenvalue weighted by molar-refractivity contribution is 7.92. The number of carbonyl (C=O) groups is 2. The monoisotopic (exact) mass is 464 g/mol. The summed E-state index contributed by atoms with van der Waals surface area (Å²) in [5.74, 6) is -0.939. The number of amides is 1. The molecule has 13 heteroatoms. The van der Waals surface area contributed by atoms with Gasteiger partial charge in [-0.3, -0.25) is 19.2 Å². The van der Waals surface area contributed by atoms with Gasteiger partial charge in [0, 0.05) is 12.1 Å². The summed E-state index contributed by atoms with van der Waals surface area (Å²) in [5.41, 5.74) is 2.38. The third kappa shape index (κ3) is 7.36. The zero-order chi connectivity index (χ0) is 23.7. The molecule has 2 aromatic rings. The van der Waals surface area contributed by atoms with E-state index in [4.69, 9.17) is 4.74 Å². The van der Waals surface area contributed by atoms with E-state index in [1.807, 2.05) is 0 Å². The molecule has 12 nitrogen and oxygen atoms in total. The summed E-state index contributed by atoms with van der Waals surface area (Å²) in [6.45, 7) is -0.910. The first-order valence-corrected chi connectivity index (χ1v) is 10.8. The van der Waals surface area contributed by atoms with Crippen molar-refractivity contribution in [3.05, 3.63) is 64.2 Å². The molecule has 0 radical (unpaired) electrons. The molecular formula is C19H20N4O8S. The van der Waals surface area contributed by atoms with E-state index in [0.717, 1.165) is 16.6 Å². The Morgan fingerprint density at radius 2 is 1.94 bits per heavy atom. The van der Waals surface area contributed by atoms with E-state index in [1.165, 1.54) is 31.5 Å². The predicted octanol–water partition coefficient (Wildman–Crippen LogP) is 1.06. The first-order chi connectivity index (χ1) is 15.1. The van der Waals surface area contributed by atoms with Crippen LogP contribution in [0.1, 0.15) is 5.56 Å². The number of esters is 1. The lowest BCUT2D eigenvalue weighted by Crippen LogP contribution is -2.39. The summed E-state index contributed by atoms with van der Waals surface area (Å²) in [6.07, 6.45) is 2.17. The maximum absolute atomic E-state index is 12.2. The molecule has 2 rings (SSSR count). The van der Waals surface area contributed by atoms with Crippen LogP contribution in [0.5, 0.6) is 5.75 Å². The van der Waals surface area contributed by atoms with Crippen LogP contribution in [0, 0.1) is 10.1 Å². The third-order valence-electron chi connectivity index (χ3n) is 3.86. The SMILES string of the molecule is COC(=O)COc1cccc(/C=N\NC(=O)CN(c2cccc([N+](=O)[O-])c2)S(C)(=O)=O)c1. The maximum atomic E-state index is 12.2. The fourth-order valence-corrected chi connectivity index (χ4v) is 3.24. The van der Waals surface area contributed by atoms with E-state index in [0.29, 0.717) is 11.3 Å². The van der Waals surface area contributed by atoms with Crippen LogP contribution < -0.4 is 14.5 Å². The largest absolute Gasteiger partial charge is 0.482 e. The van der Waals surface area contributed by atoms with Gasteiger partial charge in [-0.25, -0.2) is 18.6 Å². The Morgan fingerprint density at radius 1 is 1.22 bits per heavy atom. The van der Waals surface area contributed by atoms with Crippen LogP contribution in [-0.2, 0) is 24.3 Å².